The number of aliphatic hydroxyl groups is 2. The maximum atomic E-state index is 9.50. The largest absolute Gasteiger partial charge is 0.390 e. The van der Waals surface area contributed by atoms with Gasteiger partial charge in [0.05, 0.1) is 12.2 Å². The van der Waals surface area contributed by atoms with Crippen molar-refractivity contribution in [3.05, 3.63) is 32.9 Å². The van der Waals surface area contributed by atoms with E-state index < -0.39 is 12.2 Å². The van der Waals surface area contributed by atoms with E-state index in [1.165, 1.54) is 14.7 Å². The van der Waals surface area contributed by atoms with Crippen LogP contribution in [0.1, 0.15) is 11.1 Å². The van der Waals surface area contributed by atoms with Crippen LogP contribution in [0.4, 0.5) is 0 Å². The molecule has 2 N–H and O–H groups in total. The van der Waals surface area contributed by atoms with Gasteiger partial charge < -0.3 is 10.2 Å². The van der Waals surface area contributed by atoms with E-state index in [4.69, 9.17) is 0 Å². The summed E-state index contributed by atoms with van der Waals surface area (Å²) < 4.78 is 1.18. The Hall–Kier alpha value is -0.130. The molecule has 0 radical (unpaired) electrons. The van der Waals surface area contributed by atoms with Gasteiger partial charge >= 0.3 is 0 Å². The summed E-state index contributed by atoms with van der Waals surface area (Å²) in [7, 11) is 0. The van der Waals surface area contributed by atoms with Crippen molar-refractivity contribution in [3.8, 4) is 0 Å². The van der Waals surface area contributed by atoms with E-state index in [1.54, 1.807) is 0 Å². The molecule has 0 heterocycles. The number of halogens is 1. The zero-order valence-corrected chi connectivity index (χ0v) is 9.23. The zero-order chi connectivity index (χ0) is 9.42. The second-order valence-electron chi connectivity index (χ2n) is 3.42. The number of aliphatic hydroxyl groups excluding tert-OH is 2. The molecule has 0 unspecified atom stereocenters. The average Bonchev–Trinajstić information content (AvgIpc) is 2.09. The number of rotatable bonds is 0. The van der Waals surface area contributed by atoms with Gasteiger partial charge in [0.15, 0.2) is 0 Å². The Morgan fingerprint density at radius 3 is 2.62 bits per heavy atom. The average molecular weight is 290 g/mol. The first-order chi connectivity index (χ1) is 6.18. The normalized spacial score (nSPS) is 27.0. The highest BCUT2D eigenvalue weighted by Crippen LogP contribution is 2.25. The van der Waals surface area contributed by atoms with E-state index in [2.05, 4.69) is 22.6 Å². The second kappa shape index (κ2) is 3.55. The van der Waals surface area contributed by atoms with Gasteiger partial charge in [-0.05, 0) is 39.8 Å². The molecule has 0 saturated heterocycles. The summed E-state index contributed by atoms with van der Waals surface area (Å²) in [4.78, 5) is 0. The Labute approximate surface area is 90.7 Å². The molecule has 1 aromatic carbocycles. The molecule has 0 saturated carbocycles. The van der Waals surface area contributed by atoms with Crippen LogP contribution in [0.2, 0.25) is 0 Å². The van der Waals surface area contributed by atoms with Crippen LogP contribution in [0.5, 0.6) is 0 Å². The van der Waals surface area contributed by atoms with Crippen molar-refractivity contribution in [2.24, 2.45) is 0 Å². The third-order valence-electron chi connectivity index (χ3n) is 2.50. The highest BCUT2D eigenvalue weighted by atomic mass is 127. The third kappa shape index (κ3) is 1.73. The van der Waals surface area contributed by atoms with E-state index in [0.717, 1.165) is 0 Å². The highest BCUT2D eigenvalue weighted by molar-refractivity contribution is 14.1. The molecule has 13 heavy (non-hydrogen) atoms. The summed E-state index contributed by atoms with van der Waals surface area (Å²) in [6.45, 7) is 0. The van der Waals surface area contributed by atoms with Gasteiger partial charge in [0.25, 0.3) is 0 Å². The summed E-state index contributed by atoms with van der Waals surface area (Å²) >= 11 is 2.27. The minimum absolute atomic E-state index is 0.577. The molecular formula is C10H11IO2. The Bertz CT molecular complexity index is 325. The number of fused-ring (bicyclic) bond motifs is 1. The fourth-order valence-electron chi connectivity index (χ4n) is 1.73. The monoisotopic (exact) mass is 290 g/mol. The van der Waals surface area contributed by atoms with Gasteiger partial charge in [0.2, 0.25) is 0 Å². The lowest BCUT2D eigenvalue weighted by Crippen LogP contribution is -2.34. The van der Waals surface area contributed by atoms with Crippen molar-refractivity contribution in [1.29, 1.82) is 0 Å². The van der Waals surface area contributed by atoms with Gasteiger partial charge in [-0.2, -0.15) is 0 Å². The summed E-state index contributed by atoms with van der Waals surface area (Å²) in [5.74, 6) is 0. The standard InChI is InChI=1S/C10H11IO2/c11-8-3-1-2-6-4-9(12)10(13)5-7(6)8/h1-3,9-10,12-13H,4-5H2/t9-,10+/m1/s1. The topological polar surface area (TPSA) is 40.5 Å². The molecule has 3 heteroatoms. The molecule has 2 rings (SSSR count). The van der Waals surface area contributed by atoms with Crippen LogP contribution >= 0.6 is 22.6 Å². The second-order valence-corrected chi connectivity index (χ2v) is 4.58. The van der Waals surface area contributed by atoms with Crippen LogP contribution in [0.3, 0.4) is 0 Å². The first kappa shape index (κ1) is 9.43. The molecule has 0 amide bonds. The van der Waals surface area contributed by atoms with Crippen molar-refractivity contribution < 1.29 is 10.2 Å². The molecule has 0 spiro atoms. The lowest BCUT2D eigenvalue weighted by Gasteiger charge is -2.26. The Kier molecular flexibility index (Phi) is 2.58. The summed E-state index contributed by atoms with van der Waals surface area (Å²) in [5.41, 5.74) is 2.37. The number of hydrogen-bond acceptors (Lipinski definition) is 2. The van der Waals surface area contributed by atoms with E-state index >= 15 is 0 Å². The van der Waals surface area contributed by atoms with Crippen molar-refractivity contribution in [2.45, 2.75) is 25.0 Å². The van der Waals surface area contributed by atoms with E-state index in [-0.39, 0.29) is 0 Å². The SMILES string of the molecule is O[C@@H]1Cc2cccc(I)c2C[C@@H]1O. The Morgan fingerprint density at radius 2 is 1.85 bits per heavy atom. The van der Waals surface area contributed by atoms with E-state index in [1.807, 2.05) is 18.2 Å². The number of benzene rings is 1. The molecule has 0 fully saturated rings. The smallest absolute Gasteiger partial charge is 0.0843 e. The van der Waals surface area contributed by atoms with E-state index in [0.29, 0.717) is 12.8 Å². The molecular weight excluding hydrogens is 279 g/mol. The maximum Gasteiger partial charge on any atom is 0.0843 e. The quantitative estimate of drug-likeness (QED) is 0.703. The minimum Gasteiger partial charge on any atom is -0.390 e. The van der Waals surface area contributed by atoms with Crippen molar-refractivity contribution >= 4 is 22.6 Å². The predicted molar refractivity (Wildman–Crippen MR) is 58.6 cm³/mol. The van der Waals surface area contributed by atoms with Gasteiger partial charge in [-0.1, -0.05) is 12.1 Å². The highest BCUT2D eigenvalue weighted by Gasteiger charge is 2.25. The van der Waals surface area contributed by atoms with Gasteiger partial charge in [-0.25, -0.2) is 0 Å². The van der Waals surface area contributed by atoms with Gasteiger partial charge in [-0.15, -0.1) is 0 Å². The Balaban J connectivity index is 2.42. The summed E-state index contributed by atoms with van der Waals surface area (Å²) in [6, 6.07) is 6.04. The third-order valence-corrected chi connectivity index (χ3v) is 3.51. The molecule has 2 nitrogen and oxygen atoms in total. The molecule has 0 bridgehead atoms. The molecule has 0 aliphatic heterocycles. The van der Waals surface area contributed by atoms with Crippen molar-refractivity contribution in [2.75, 3.05) is 0 Å². The lowest BCUT2D eigenvalue weighted by atomic mass is 9.88. The van der Waals surface area contributed by atoms with E-state index in [9.17, 15) is 10.2 Å². The molecule has 1 aromatic rings. The van der Waals surface area contributed by atoms with Gasteiger partial charge in [0, 0.05) is 16.4 Å². The fourth-order valence-corrected chi connectivity index (χ4v) is 2.50. The predicted octanol–water partition coefficient (Wildman–Crippen LogP) is 1.11. The first-order valence-electron chi connectivity index (χ1n) is 4.31. The summed E-state index contributed by atoms with van der Waals surface area (Å²) in [5, 5.41) is 19.0. The van der Waals surface area contributed by atoms with Crippen LogP contribution in [-0.2, 0) is 12.8 Å². The molecule has 1 aliphatic rings. The first-order valence-corrected chi connectivity index (χ1v) is 5.39. The molecule has 1 aliphatic carbocycles. The molecule has 70 valence electrons. The Morgan fingerprint density at radius 1 is 1.15 bits per heavy atom. The van der Waals surface area contributed by atoms with Gasteiger partial charge in [0.1, 0.15) is 0 Å². The maximum absolute atomic E-state index is 9.50. The fraction of sp³-hybridized carbons (Fsp3) is 0.400. The molecule has 2 atom stereocenters. The summed E-state index contributed by atoms with van der Waals surface area (Å²) in [6.07, 6.45) is -0.0303. The molecule has 0 aromatic heterocycles. The van der Waals surface area contributed by atoms with Crippen LogP contribution in [0.15, 0.2) is 18.2 Å². The van der Waals surface area contributed by atoms with Crippen LogP contribution in [0, 0.1) is 3.57 Å². The minimum atomic E-state index is -0.594. The van der Waals surface area contributed by atoms with Crippen LogP contribution in [-0.4, -0.2) is 22.4 Å². The van der Waals surface area contributed by atoms with Crippen molar-refractivity contribution in [3.63, 3.8) is 0 Å². The van der Waals surface area contributed by atoms with Crippen LogP contribution < -0.4 is 0 Å². The lowest BCUT2D eigenvalue weighted by molar-refractivity contribution is 0.0140. The van der Waals surface area contributed by atoms with Crippen molar-refractivity contribution in [1.82, 2.24) is 0 Å². The number of hydrogen-bond donors (Lipinski definition) is 2. The zero-order valence-electron chi connectivity index (χ0n) is 7.07. The van der Waals surface area contributed by atoms with Crippen LogP contribution in [0.25, 0.3) is 0 Å². The van der Waals surface area contributed by atoms with Gasteiger partial charge in [-0.3, -0.25) is 0 Å².